The summed E-state index contributed by atoms with van der Waals surface area (Å²) in [5, 5.41) is 20.2. The number of hydrogen-bond acceptors (Lipinski definition) is 6. The summed E-state index contributed by atoms with van der Waals surface area (Å²) in [4.78, 5) is 16.2. The Labute approximate surface area is 148 Å². The van der Waals surface area contributed by atoms with Gasteiger partial charge in [0.25, 0.3) is 5.56 Å². The number of allylic oxidation sites excluding steroid dienone is 1. The van der Waals surface area contributed by atoms with Gasteiger partial charge in [-0.15, -0.1) is 11.3 Å². The fraction of sp³-hybridized carbons (Fsp3) is 0.105. The standard InChI is InChI=1S/C19H14N2O3S/c1-2-24-16-10-12(7-8-15(16)22)9-13(11-20)19-21-18(23)14-5-3-4-6-17(14)25-19/h3-10,22H,2H2,1H3/b13-9+. The van der Waals surface area contributed by atoms with Gasteiger partial charge in [0.2, 0.25) is 0 Å². The first kappa shape index (κ1) is 16.7. The fourth-order valence-electron chi connectivity index (χ4n) is 2.33. The first-order valence-corrected chi connectivity index (χ1v) is 8.42. The van der Waals surface area contributed by atoms with Crippen molar-refractivity contribution in [3.05, 3.63) is 63.4 Å². The number of nitriles is 1. The highest BCUT2D eigenvalue weighted by molar-refractivity contribution is 7.19. The maximum atomic E-state index is 12.2. The Kier molecular flexibility index (Phi) is 4.78. The van der Waals surface area contributed by atoms with E-state index >= 15 is 0 Å². The van der Waals surface area contributed by atoms with Gasteiger partial charge in [0.1, 0.15) is 11.1 Å². The highest BCUT2D eigenvalue weighted by Gasteiger charge is 2.10. The van der Waals surface area contributed by atoms with Gasteiger partial charge in [-0.05, 0) is 42.8 Å². The van der Waals surface area contributed by atoms with E-state index in [2.05, 4.69) is 11.1 Å². The molecule has 0 fully saturated rings. The van der Waals surface area contributed by atoms with Gasteiger partial charge >= 0.3 is 0 Å². The lowest BCUT2D eigenvalue weighted by molar-refractivity contribution is 0.318. The Morgan fingerprint density at radius 1 is 1.36 bits per heavy atom. The lowest BCUT2D eigenvalue weighted by atomic mass is 10.1. The predicted molar refractivity (Wildman–Crippen MR) is 98.6 cm³/mol. The monoisotopic (exact) mass is 350 g/mol. The molecule has 5 nitrogen and oxygen atoms in total. The lowest BCUT2D eigenvalue weighted by Crippen LogP contribution is -2.07. The van der Waals surface area contributed by atoms with E-state index in [-0.39, 0.29) is 16.9 Å². The van der Waals surface area contributed by atoms with E-state index in [4.69, 9.17) is 4.74 Å². The highest BCUT2D eigenvalue weighted by Crippen LogP contribution is 2.29. The molecular weight excluding hydrogens is 336 g/mol. The second-order valence-electron chi connectivity index (χ2n) is 5.15. The number of fused-ring (bicyclic) bond motifs is 1. The molecule has 0 saturated heterocycles. The number of aromatic nitrogens is 1. The molecule has 0 amide bonds. The van der Waals surface area contributed by atoms with Crippen molar-refractivity contribution < 1.29 is 9.84 Å². The van der Waals surface area contributed by atoms with Gasteiger partial charge in [-0.3, -0.25) is 4.79 Å². The summed E-state index contributed by atoms with van der Waals surface area (Å²) in [6.45, 7) is 2.23. The topological polar surface area (TPSA) is 83.2 Å². The zero-order valence-corrected chi connectivity index (χ0v) is 14.2. The quantitative estimate of drug-likeness (QED) is 0.723. The van der Waals surface area contributed by atoms with Crippen LogP contribution in [0.15, 0.2) is 47.3 Å². The minimum absolute atomic E-state index is 0.0333. The van der Waals surface area contributed by atoms with Crippen LogP contribution in [-0.2, 0) is 0 Å². The molecule has 0 radical (unpaired) electrons. The van der Waals surface area contributed by atoms with Crippen LogP contribution in [0.3, 0.4) is 0 Å². The number of phenols is 1. The minimum atomic E-state index is -0.355. The van der Waals surface area contributed by atoms with Crippen LogP contribution >= 0.6 is 11.3 Å². The molecule has 0 atom stereocenters. The van der Waals surface area contributed by atoms with E-state index in [1.807, 2.05) is 19.1 Å². The van der Waals surface area contributed by atoms with Crippen LogP contribution in [0.4, 0.5) is 0 Å². The number of aromatic hydroxyl groups is 1. The van der Waals surface area contributed by atoms with Crippen LogP contribution in [0.1, 0.15) is 17.5 Å². The molecule has 0 spiro atoms. The average molecular weight is 350 g/mol. The summed E-state index contributed by atoms with van der Waals surface area (Å²) in [6, 6.07) is 14.1. The van der Waals surface area contributed by atoms with Gasteiger partial charge < -0.3 is 9.84 Å². The van der Waals surface area contributed by atoms with Crippen LogP contribution < -0.4 is 10.3 Å². The van der Waals surface area contributed by atoms with E-state index < -0.39 is 0 Å². The van der Waals surface area contributed by atoms with E-state index in [0.717, 1.165) is 4.70 Å². The second kappa shape index (κ2) is 7.16. The first-order valence-electron chi connectivity index (χ1n) is 7.60. The summed E-state index contributed by atoms with van der Waals surface area (Å²) in [5.74, 6) is 0.374. The molecule has 3 rings (SSSR count). The molecule has 2 aromatic carbocycles. The molecule has 0 bridgehead atoms. The first-order chi connectivity index (χ1) is 12.1. The van der Waals surface area contributed by atoms with Crippen molar-refractivity contribution in [1.29, 1.82) is 5.26 Å². The van der Waals surface area contributed by atoms with Gasteiger partial charge in [0, 0.05) is 4.70 Å². The lowest BCUT2D eigenvalue weighted by Gasteiger charge is -2.06. The average Bonchev–Trinajstić information content (AvgIpc) is 2.62. The number of ether oxygens (including phenoxy) is 1. The summed E-state index contributed by atoms with van der Waals surface area (Å²) in [7, 11) is 0. The molecule has 1 N–H and O–H groups in total. The number of rotatable bonds is 4. The van der Waals surface area contributed by atoms with Crippen LogP contribution in [0.5, 0.6) is 11.5 Å². The summed E-state index contributed by atoms with van der Waals surface area (Å²) < 4.78 is 6.13. The fourth-order valence-corrected chi connectivity index (χ4v) is 3.29. The number of hydrogen-bond donors (Lipinski definition) is 1. The van der Waals surface area contributed by atoms with E-state index in [1.165, 1.54) is 17.4 Å². The van der Waals surface area contributed by atoms with Gasteiger partial charge in [-0.1, -0.05) is 18.2 Å². The third kappa shape index (κ3) is 3.52. The maximum absolute atomic E-state index is 12.2. The van der Waals surface area contributed by atoms with Crippen LogP contribution in [0.25, 0.3) is 21.7 Å². The molecule has 124 valence electrons. The van der Waals surface area contributed by atoms with Crippen molar-refractivity contribution in [2.75, 3.05) is 6.61 Å². The molecule has 1 aromatic heterocycles. The van der Waals surface area contributed by atoms with Gasteiger partial charge in [0.15, 0.2) is 11.5 Å². The van der Waals surface area contributed by atoms with E-state index in [9.17, 15) is 15.2 Å². The zero-order chi connectivity index (χ0) is 17.8. The Hall–Kier alpha value is -3.17. The maximum Gasteiger partial charge on any atom is 0.279 e. The molecule has 3 aromatic rings. The molecule has 1 heterocycles. The third-order valence-electron chi connectivity index (χ3n) is 3.47. The summed E-state index contributed by atoms with van der Waals surface area (Å²) in [5.41, 5.74) is 0.597. The Bertz CT molecular complexity index is 1060. The van der Waals surface area contributed by atoms with E-state index in [1.54, 1.807) is 30.3 Å². The minimum Gasteiger partial charge on any atom is -0.504 e. The zero-order valence-electron chi connectivity index (χ0n) is 13.4. The Morgan fingerprint density at radius 2 is 2.16 bits per heavy atom. The smallest absolute Gasteiger partial charge is 0.279 e. The van der Waals surface area contributed by atoms with Crippen LogP contribution in [0.2, 0.25) is 0 Å². The molecule has 0 unspecified atom stereocenters. The SMILES string of the molecule is CCOc1cc(/C=C(\C#N)c2nc(=O)c3ccccc3s2)ccc1O. The van der Waals surface area contributed by atoms with Crippen molar-refractivity contribution in [2.24, 2.45) is 0 Å². The van der Waals surface area contributed by atoms with Crippen molar-refractivity contribution in [3.8, 4) is 17.6 Å². The third-order valence-corrected chi connectivity index (χ3v) is 4.55. The Balaban J connectivity index is 2.09. The Morgan fingerprint density at radius 3 is 2.92 bits per heavy atom. The van der Waals surface area contributed by atoms with Crippen LogP contribution in [0, 0.1) is 11.3 Å². The molecule has 0 saturated carbocycles. The van der Waals surface area contributed by atoms with Gasteiger partial charge in [0.05, 0.1) is 17.6 Å². The molecule has 0 aliphatic rings. The summed E-state index contributed by atoms with van der Waals surface area (Å²) in [6.07, 6.45) is 1.62. The largest absolute Gasteiger partial charge is 0.504 e. The molecule has 0 aliphatic heterocycles. The normalized spacial score (nSPS) is 11.3. The number of phenolic OH excluding ortho intramolecular Hbond substituents is 1. The van der Waals surface area contributed by atoms with E-state index in [0.29, 0.717) is 28.3 Å². The highest BCUT2D eigenvalue weighted by atomic mass is 32.1. The van der Waals surface area contributed by atoms with Crippen molar-refractivity contribution in [1.82, 2.24) is 4.98 Å². The second-order valence-corrected chi connectivity index (χ2v) is 6.18. The number of benzene rings is 2. The molecule has 25 heavy (non-hydrogen) atoms. The molecule has 0 aliphatic carbocycles. The number of nitrogens with zero attached hydrogens (tertiary/aromatic N) is 2. The van der Waals surface area contributed by atoms with Crippen molar-refractivity contribution in [2.45, 2.75) is 6.92 Å². The molecular formula is C19H14N2O3S. The van der Waals surface area contributed by atoms with Gasteiger partial charge in [-0.25, -0.2) is 0 Å². The summed E-state index contributed by atoms with van der Waals surface area (Å²) >= 11 is 1.29. The molecule has 6 heteroatoms. The predicted octanol–water partition coefficient (Wildman–Crippen LogP) is 3.82. The van der Waals surface area contributed by atoms with Gasteiger partial charge in [-0.2, -0.15) is 10.2 Å². The van der Waals surface area contributed by atoms with Crippen molar-refractivity contribution in [3.63, 3.8) is 0 Å². The van der Waals surface area contributed by atoms with Crippen LogP contribution in [-0.4, -0.2) is 16.7 Å². The van der Waals surface area contributed by atoms with Crippen molar-refractivity contribution >= 4 is 33.1 Å².